The number of carbonyl (C=O) groups is 2. The molecule has 0 spiro atoms. The topological polar surface area (TPSA) is 86.8 Å². The van der Waals surface area contributed by atoms with Crippen molar-refractivity contribution in [1.29, 1.82) is 0 Å². The second-order valence-corrected chi connectivity index (χ2v) is 12.5. The maximum absolute atomic E-state index is 15.0. The number of benzene rings is 4. The summed E-state index contributed by atoms with van der Waals surface area (Å²) in [5, 5.41) is 2.89. The van der Waals surface area contributed by atoms with Crippen molar-refractivity contribution < 1.29 is 22.4 Å². The summed E-state index contributed by atoms with van der Waals surface area (Å²) in [5.41, 5.74) is 2.92. The predicted octanol–water partition coefficient (Wildman–Crippen LogP) is 5.80. The van der Waals surface area contributed by atoms with E-state index < -0.39 is 40.2 Å². The molecule has 0 radical (unpaired) electrons. The summed E-state index contributed by atoms with van der Waals surface area (Å²) in [7, 11) is -4.21. The van der Waals surface area contributed by atoms with E-state index in [1.807, 2.05) is 50.2 Å². The number of anilines is 1. The van der Waals surface area contributed by atoms with Crippen LogP contribution in [0.1, 0.15) is 35.6 Å². The second-order valence-electron chi connectivity index (χ2n) is 10.7. The Balaban J connectivity index is 1.83. The molecule has 0 aliphatic heterocycles. The smallest absolute Gasteiger partial charge is 0.264 e. The number of halogens is 1. The van der Waals surface area contributed by atoms with Gasteiger partial charge in [-0.2, -0.15) is 0 Å². The van der Waals surface area contributed by atoms with Gasteiger partial charge in [0.1, 0.15) is 18.4 Å². The zero-order valence-corrected chi connectivity index (χ0v) is 26.1. The molecule has 4 rings (SSSR count). The van der Waals surface area contributed by atoms with Crippen LogP contribution in [0.3, 0.4) is 0 Å². The molecule has 1 atom stereocenters. The van der Waals surface area contributed by atoms with Gasteiger partial charge in [-0.1, -0.05) is 85.8 Å². The molecule has 44 heavy (non-hydrogen) atoms. The minimum atomic E-state index is -4.21. The number of aryl methyl sites for hydroxylation is 1. The lowest BCUT2D eigenvalue weighted by Crippen LogP contribution is -2.53. The van der Waals surface area contributed by atoms with Crippen molar-refractivity contribution in [2.45, 2.75) is 51.1 Å². The van der Waals surface area contributed by atoms with E-state index in [4.69, 9.17) is 0 Å². The number of hydrogen-bond donors (Lipinski definition) is 1. The molecule has 230 valence electrons. The number of nitrogens with one attached hydrogen (secondary N) is 1. The van der Waals surface area contributed by atoms with E-state index in [1.165, 1.54) is 23.1 Å². The molecule has 0 unspecified atom stereocenters. The first-order valence-corrected chi connectivity index (χ1v) is 16.1. The number of rotatable bonds is 13. The summed E-state index contributed by atoms with van der Waals surface area (Å²) in [6.07, 6.45) is 0.840. The van der Waals surface area contributed by atoms with E-state index in [1.54, 1.807) is 55.5 Å². The van der Waals surface area contributed by atoms with Gasteiger partial charge in [0, 0.05) is 25.1 Å². The van der Waals surface area contributed by atoms with E-state index in [9.17, 15) is 22.4 Å². The summed E-state index contributed by atoms with van der Waals surface area (Å²) in [5.74, 6) is -1.56. The third-order valence-corrected chi connectivity index (χ3v) is 9.35. The highest BCUT2D eigenvalue weighted by Crippen LogP contribution is 2.29. The molecule has 7 nitrogen and oxygen atoms in total. The van der Waals surface area contributed by atoms with Gasteiger partial charge < -0.3 is 10.2 Å². The minimum absolute atomic E-state index is 0.0240. The average Bonchev–Trinajstić information content (AvgIpc) is 3.03. The van der Waals surface area contributed by atoms with Gasteiger partial charge in [-0.3, -0.25) is 13.9 Å². The third-order valence-electron chi connectivity index (χ3n) is 7.57. The lowest BCUT2D eigenvalue weighted by molar-refractivity contribution is -0.140. The van der Waals surface area contributed by atoms with Crippen LogP contribution in [0, 0.1) is 19.7 Å². The van der Waals surface area contributed by atoms with Crippen molar-refractivity contribution in [2.24, 2.45) is 0 Å². The predicted molar refractivity (Wildman–Crippen MR) is 171 cm³/mol. The second kappa shape index (κ2) is 14.8. The first-order valence-electron chi connectivity index (χ1n) is 14.6. The Bertz CT molecular complexity index is 1680. The van der Waals surface area contributed by atoms with Crippen LogP contribution in [0.2, 0.25) is 0 Å². The van der Waals surface area contributed by atoms with E-state index in [0.29, 0.717) is 24.2 Å². The fraction of sp³-hybridized carbons (Fsp3) is 0.257. The molecule has 0 fully saturated rings. The molecule has 0 bridgehead atoms. The van der Waals surface area contributed by atoms with Crippen molar-refractivity contribution in [3.05, 3.63) is 131 Å². The zero-order chi connectivity index (χ0) is 31.7. The van der Waals surface area contributed by atoms with Crippen LogP contribution < -0.4 is 9.62 Å². The summed E-state index contributed by atoms with van der Waals surface area (Å²) < 4.78 is 44.3. The van der Waals surface area contributed by atoms with Crippen LogP contribution in [0.15, 0.2) is 108 Å². The highest BCUT2D eigenvalue weighted by molar-refractivity contribution is 7.92. The molecule has 0 aliphatic rings. The maximum Gasteiger partial charge on any atom is 0.264 e. The molecule has 4 aromatic carbocycles. The van der Waals surface area contributed by atoms with Crippen LogP contribution >= 0.6 is 0 Å². The highest BCUT2D eigenvalue weighted by atomic mass is 32.2. The van der Waals surface area contributed by atoms with Crippen LogP contribution in [0.25, 0.3) is 0 Å². The molecule has 4 aromatic rings. The van der Waals surface area contributed by atoms with Gasteiger partial charge >= 0.3 is 0 Å². The van der Waals surface area contributed by atoms with Crippen LogP contribution in [-0.2, 0) is 32.6 Å². The van der Waals surface area contributed by atoms with E-state index >= 15 is 0 Å². The zero-order valence-electron chi connectivity index (χ0n) is 25.2. The van der Waals surface area contributed by atoms with E-state index in [-0.39, 0.29) is 23.4 Å². The van der Waals surface area contributed by atoms with Gasteiger partial charge in [-0.25, -0.2) is 12.8 Å². The third kappa shape index (κ3) is 7.71. The van der Waals surface area contributed by atoms with Gasteiger partial charge in [0.2, 0.25) is 11.8 Å². The molecule has 0 heterocycles. The number of carbonyl (C=O) groups excluding carboxylic acids is 2. The molecule has 0 aliphatic carbocycles. The Morgan fingerprint density at radius 3 is 2.14 bits per heavy atom. The van der Waals surface area contributed by atoms with E-state index in [0.717, 1.165) is 15.4 Å². The molecule has 9 heteroatoms. The van der Waals surface area contributed by atoms with Gasteiger partial charge in [0.25, 0.3) is 10.0 Å². The minimum Gasteiger partial charge on any atom is -0.354 e. The standard InChI is InChI=1S/C35H38FN3O4S/c1-4-22-37-35(41)33(23-28-15-7-5-8-16-28)38(24-29-17-11-12-20-31(29)36)34(40)25-39(32-21-13-14-26(2)27(32)3)44(42,43)30-18-9-6-10-19-30/h5-21,33H,4,22-25H2,1-3H3,(H,37,41)/t33-/m1/s1. The molecular formula is C35H38FN3O4S. The Hall–Kier alpha value is -4.50. The van der Waals surface area contributed by atoms with Crippen LogP contribution in [-0.4, -0.2) is 44.3 Å². The quantitative estimate of drug-likeness (QED) is 0.206. The Labute approximate surface area is 259 Å². The first kappa shape index (κ1) is 32.4. The summed E-state index contributed by atoms with van der Waals surface area (Å²) >= 11 is 0. The molecule has 0 aromatic heterocycles. The molecule has 0 saturated carbocycles. The van der Waals surface area contributed by atoms with Gasteiger partial charge in [0.05, 0.1) is 10.6 Å². The van der Waals surface area contributed by atoms with Crippen molar-refractivity contribution in [3.8, 4) is 0 Å². The maximum atomic E-state index is 15.0. The highest BCUT2D eigenvalue weighted by Gasteiger charge is 2.35. The summed E-state index contributed by atoms with van der Waals surface area (Å²) in [4.78, 5) is 29.4. The summed E-state index contributed by atoms with van der Waals surface area (Å²) in [6, 6.07) is 27.5. The van der Waals surface area contributed by atoms with Gasteiger partial charge in [-0.15, -0.1) is 0 Å². The largest absolute Gasteiger partial charge is 0.354 e. The van der Waals surface area contributed by atoms with Crippen molar-refractivity contribution in [3.63, 3.8) is 0 Å². The Morgan fingerprint density at radius 2 is 1.48 bits per heavy atom. The summed E-state index contributed by atoms with van der Waals surface area (Å²) in [6.45, 7) is 5.16. The van der Waals surface area contributed by atoms with Crippen molar-refractivity contribution in [2.75, 3.05) is 17.4 Å². The SMILES string of the molecule is CCCNC(=O)[C@@H](Cc1ccccc1)N(Cc1ccccc1F)C(=O)CN(c1cccc(C)c1C)S(=O)(=O)c1ccccc1. The molecule has 1 N–H and O–H groups in total. The fourth-order valence-electron chi connectivity index (χ4n) is 4.97. The van der Waals surface area contributed by atoms with Gasteiger partial charge in [-0.05, 0) is 61.2 Å². The monoisotopic (exact) mass is 615 g/mol. The average molecular weight is 616 g/mol. The van der Waals surface area contributed by atoms with Gasteiger partial charge in [0.15, 0.2) is 0 Å². The number of hydrogen-bond acceptors (Lipinski definition) is 4. The Kier molecular flexibility index (Phi) is 10.9. The lowest BCUT2D eigenvalue weighted by Gasteiger charge is -2.34. The fourth-order valence-corrected chi connectivity index (χ4v) is 6.46. The number of nitrogens with zero attached hydrogens (tertiary/aromatic N) is 2. The van der Waals surface area contributed by atoms with Crippen LogP contribution in [0.5, 0.6) is 0 Å². The first-order chi connectivity index (χ1) is 21.1. The van der Waals surface area contributed by atoms with Crippen molar-refractivity contribution >= 4 is 27.5 Å². The Morgan fingerprint density at radius 1 is 0.841 bits per heavy atom. The normalized spacial score (nSPS) is 11.9. The number of amides is 2. The van der Waals surface area contributed by atoms with Crippen LogP contribution in [0.4, 0.5) is 10.1 Å². The molecule has 2 amide bonds. The lowest BCUT2D eigenvalue weighted by atomic mass is 10.0. The van der Waals surface area contributed by atoms with Crippen molar-refractivity contribution in [1.82, 2.24) is 10.2 Å². The molecule has 0 saturated heterocycles. The number of sulfonamides is 1. The van der Waals surface area contributed by atoms with E-state index in [2.05, 4.69) is 5.32 Å². The molecular weight excluding hydrogens is 577 g/mol.